The lowest BCUT2D eigenvalue weighted by molar-refractivity contribution is 0.0951. The standard InChI is InChI=1S/C18H18N4O2/c1-24-17-6-4-14(5-7-17)12-22-13-16(11-21-22)18(23)20-10-15-3-2-8-19-9-15/h2-9,11,13H,10,12H2,1H3,(H,20,23). The van der Waals surface area contributed by atoms with Gasteiger partial charge in [0, 0.05) is 25.1 Å². The zero-order valence-corrected chi connectivity index (χ0v) is 13.3. The van der Waals surface area contributed by atoms with Crippen LogP contribution in [0.3, 0.4) is 0 Å². The van der Waals surface area contributed by atoms with Gasteiger partial charge in [0.2, 0.25) is 0 Å². The van der Waals surface area contributed by atoms with Gasteiger partial charge in [-0.3, -0.25) is 14.5 Å². The second kappa shape index (κ2) is 7.41. The number of nitrogens with zero attached hydrogens (tertiary/aromatic N) is 3. The van der Waals surface area contributed by atoms with Crippen LogP contribution in [0.1, 0.15) is 21.5 Å². The van der Waals surface area contributed by atoms with Crippen molar-refractivity contribution in [1.29, 1.82) is 0 Å². The fraction of sp³-hybridized carbons (Fsp3) is 0.167. The smallest absolute Gasteiger partial charge is 0.254 e. The van der Waals surface area contributed by atoms with Crippen LogP contribution in [-0.2, 0) is 13.1 Å². The molecule has 24 heavy (non-hydrogen) atoms. The van der Waals surface area contributed by atoms with E-state index in [0.717, 1.165) is 16.9 Å². The number of amides is 1. The van der Waals surface area contributed by atoms with Crippen LogP contribution in [-0.4, -0.2) is 27.8 Å². The summed E-state index contributed by atoms with van der Waals surface area (Å²) in [5.74, 6) is 0.662. The van der Waals surface area contributed by atoms with E-state index in [1.807, 2.05) is 36.4 Å². The van der Waals surface area contributed by atoms with Gasteiger partial charge in [-0.05, 0) is 29.3 Å². The van der Waals surface area contributed by atoms with Gasteiger partial charge in [0.05, 0.1) is 25.4 Å². The maximum Gasteiger partial charge on any atom is 0.254 e. The molecule has 0 spiro atoms. The Kier molecular flexibility index (Phi) is 4.86. The monoisotopic (exact) mass is 322 g/mol. The number of benzene rings is 1. The highest BCUT2D eigenvalue weighted by molar-refractivity contribution is 5.93. The molecule has 6 heteroatoms. The summed E-state index contributed by atoms with van der Waals surface area (Å²) in [5.41, 5.74) is 2.57. The van der Waals surface area contributed by atoms with Crippen molar-refractivity contribution >= 4 is 5.91 Å². The molecule has 3 aromatic rings. The molecule has 2 heterocycles. The number of nitrogens with one attached hydrogen (secondary N) is 1. The Morgan fingerprint density at radius 2 is 2.00 bits per heavy atom. The van der Waals surface area contributed by atoms with Crippen molar-refractivity contribution < 1.29 is 9.53 Å². The number of ether oxygens (including phenoxy) is 1. The molecular formula is C18H18N4O2. The van der Waals surface area contributed by atoms with Gasteiger partial charge in [-0.1, -0.05) is 18.2 Å². The van der Waals surface area contributed by atoms with E-state index in [1.54, 1.807) is 36.6 Å². The number of carbonyl (C=O) groups excluding carboxylic acids is 1. The molecule has 0 aliphatic rings. The molecule has 0 unspecified atom stereocenters. The molecule has 0 bridgehead atoms. The molecule has 122 valence electrons. The largest absolute Gasteiger partial charge is 0.497 e. The van der Waals surface area contributed by atoms with Crippen molar-refractivity contribution in [3.63, 3.8) is 0 Å². The van der Waals surface area contributed by atoms with Crippen molar-refractivity contribution in [3.05, 3.63) is 77.9 Å². The molecule has 0 aliphatic heterocycles. The first-order valence-corrected chi connectivity index (χ1v) is 7.57. The molecule has 6 nitrogen and oxygen atoms in total. The normalized spacial score (nSPS) is 10.4. The van der Waals surface area contributed by atoms with Crippen molar-refractivity contribution in [3.8, 4) is 5.75 Å². The van der Waals surface area contributed by atoms with E-state index >= 15 is 0 Å². The van der Waals surface area contributed by atoms with E-state index in [-0.39, 0.29) is 5.91 Å². The average molecular weight is 322 g/mol. The van der Waals surface area contributed by atoms with Crippen molar-refractivity contribution in [2.75, 3.05) is 7.11 Å². The molecule has 1 amide bonds. The lowest BCUT2D eigenvalue weighted by atomic mass is 10.2. The Labute approximate surface area is 140 Å². The first-order chi connectivity index (χ1) is 11.7. The topological polar surface area (TPSA) is 69.0 Å². The van der Waals surface area contributed by atoms with Gasteiger partial charge >= 0.3 is 0 Å². The first kappa shape index (κ1) is 15.7. The van der Waals surface area contributed by atoms with Gasteiger partial charge < -0.3 is 10.1 Å². The molecule has 1 N–H and O–H groups in total. The van der Waals surface area contributed by atoms with Gasteiger partial charge in [0.25, 0.3) is 5.91 Å². The minimum absolute atomic E-state index is 0.153. The number of aromatic nitrogens is 3. The van der Waals surface area contributed by atoms with E-state index < -0.39 is 0 Å². The minimum atomic E-state index is -0.153. The van der Waals surface area contributed by atoms with E-state index in [4.69, 9.17) is 4.74 Å². The van der Waals surface area contributed by atoms with Crippen LogP contribution in [0.15, 0.2) is 61.2 Å². The van der Waals surface area contributed by atoms with E-state index in [1.165, 1.54) is 0 Å². The number of methoxy groups -OCH3 is 1. The number of hydrogen-bond acceptors (Lipinski definition) is 4. The van der Waals surface area contributed by atoms with Crippen LogP contribution in [0.5, 0.6) is 5.75 Å². The van der Waals surface area contributed by atoms with E-state index in [9.17, 15) is 4.79 Å². The average Bonchev–Trinajstić information content (AvgIpc) is 3.10. The van der Waals surface area contributed by atoms with Gasteiger partial charge in [-0.15, -0.1) is 0 Å². The highest BCUT2D eigenvalue weighted by Gasteiger charge is 2.08. The third kappa shape index (κ3) is 3.98. The van der Waals surface area contributed by atoms with Gasteiger partial charge in [-0.2, -0.15) is 5.10 Å². The van der Waals surface area contributed by atoms with E-state index in [2.05, 4.69) is 15.4 Å². The van der Waals surface area contributed by atoms with Crippen LogP contribution in [0, 0.1) is 0 Å². The summed E-state index contributed by atoms with van der Waals surface area (Å²) in [7, 11) is 1.64. The summed E-state index contributed by atoms with van der Waals surface area (Å²) in [6, 6.07) is 11.5. The third-order valence-corrected chi connectivity index (χ3v) is 3.57. The SMILES string of the molecule is COc1ccc(Cn2cc(C(=O)NCc3cccnc3)cn2)cc1. The van der Waals surface area contributed by atoms with E-state index in [0.29, 0.717) is 18.7 Å². The number of pyridine rings is 1. The van der Waals surface area contributed by atoms with Gasteiger partial charge in [0.1, 0.15) is 5.75 Å². The predicted octanol–water partition coefficient (Wildman–Crippen LogP) is 2.27. The van der Waals surface area contributed by atoms with Crippen molar-refractivity contribution in [1.82, 2.24) is 20.1 Å². The molecule has 0 atom stereocenters. The Morgan fingerprint density at radius 3 is 2.71 bits per heavy atom. The number of hydrogen-bond donors (Lipinski definition) is 1. The molecular weight excluding hydrogens is 304 g/mol. The zero-order valence-electron chi connectivity index (χ0n) is 13.3. The maximum atomic E-state index is 12.2. The lowest BCUT2D eigenvalue weighted by Crippen LogP contribution is -2.22. The zero-order chi connectivity index (χ0) is 16.8. The second-order valence-corrected chi connectivity index (χ2v) is 5.32. The molecule has 0 radical (unpaired) electrons. The van der Waals surface area contributed by atoms with Crippen LogP contribution in [0.25, 0.3) is 0 Å². The summed E-state index contributed by atoms with van der Waals surface area (Å²) < 4.78 is 6.88. The summed E-state index contributed by atoms with van der Waals surface area (Å²) in [6.45, 7) is 1.04. The lowest BCUT2D eigenvalue weighted by Gasteiger charge is -2.04. The second-order valence-electron chi connectivity index (χ2n) is 5.32. The number of carbonyl (C=O) groups is 1. The Hall–Kier alpha value is -3.15. The molecule has 0 fully saturated rings. The van der Waals surface area contributed by atoms with Crippen molar-refractivity contribution in [2.24, 2.45) is 0 Å². The molecule has 0 saturated heterocycles. The quantitative estimate of drug-likeness (QED) is 0.756. The fourth-order valence-corrected chi connectivity index (χ4v) is 2.27. The Morgan fingerprint density at radius 1 is 1.17 bits per heavy atom. The van der Waals surface area contributed by atoms with Crippen molar-refractivity contribution in [2.45, 2.75) is 13.1 Å². The van der Waals surface area contributed by atoms with Crippen LogP contribution < -0.4 is 10.1 Å². The van der Waals surface area contributed by atoms with Crippen LogP contribution in [0.4, 0.5) is 0 Å². The Bertz CT molecular complexity index is 797. The Balaban J connectivity index is 1.58. The third-order valence-electron chi connectivity index (χ3n) is 3.57. The molecule has 1 aromatic carbocycles. The predicted molar refractivity (Wildman–Crippen MR) is 89.7 cm³/mol. The number of rotatable bonds is 6. The minimum Gasteiger partial charge on any atom is -0.497 e. The molecule has 3 rings (SSSR count). The molecule has 0 saturated carbocycles. The van der Waals surface area contributed by atoms with Crippen LogP contribution in [0.2, 0.25) is 0 Å². The van der Waals surface area contributed by atoms with Crippen LogP contribution >= 0.6 is 0 Å². The maximum absolute atomic E-state index is 12.2. The highest BCUT2D eigenvalue weighted by atomic mass is 16.5. The molecule has 2 aromatic heterocycles. The molecule has 0 aliphatic carbocycles. The summed E-state index contributed by atoms with van der Waals surface area (Å²) in [4.78, 5) is 16.2. The summed E-state index contributed by atoms with van der Waals surface area (Å²) in [6.07, 6.45) is 6.74. The highest BCUT2D eigenvalue weighted by Crippen LogP contribution is 2.12. The van der Waals surface area contributed by atoms with Gasteiger partial charge in [0.15, 0.2) is 0 Å². The summed E-state index contributed by atoms with van der Waals surface area (Å²) in [5, 5.41) is 7.10. The van der Waals surface area contributed by atoms with Gasteiger partial charge in [-0.25, -0.2) is 0 Å². The fourth-order valence-electron chi connectivity index (χ4n) is 2.27. The first-order valence-electron chi connectivity index (χ1n) is 7.57. The summed E-state index contributed by atoms with van der Waals surface area (Å²) >= 11 is 0.